The molecule has 0 spiro atoms. The monoisotopic (exact) mass is 333 g/mol. The van der Waals surface area contributed by atoms with Gasteiger partial charge < -0.3 is 4.90 Å². The average molecular weight is 333 g/mol. The molecule has 3 nitrogen and oxygen atoms in total. The van der Waals surface area contributed by atoms with E-state index < -0.39 is 0 Å². The second-order valence-corrected chi connectivity index (χ2v) is 7.41. The van der Waals surface area contributed by atoms with E-state index in [0.29, 0.717) is 0 Å². The fourth-order valence-corrected chi connectivity index (χ4v) is 4.13. The second-order valence-electron chi connectivity index (χ2n) is 7.41. The third-order valence-electron chi connectivity index (χ3n) is 5.58. The SMILES string of the molecule is c1cncc(CN(CCC2CCCCC2)C2=Nc3ccccc3C2)c1. The van der Waals surface area contributed by atoms with Gasteiger partial charge in [-0.1, -0.05) is 56.4 Å². The van der Waals surface area contributed by atoms with Gasteiger partial charge in [-0.3, -0.25) is 4.98 Å². The summed E-state index contributed by atoms with van der Waals surface area (Å²) in [6, 6.07) is 12.7. The molecule has 130 valence electrons. The van der Waals surface area contributed by atoms with E-state index >= 15 is 0 Å². The largest absolute Gasteiger partial charge is 0.355 e. The zero-order valence-electron chi connectivity index (χ0n) is 14.9. The molecule has 0 unspecified atom stereocenters. The second kappa shape index (κ2) is 7.81. The van der Waals surface area contributed by atoms with Crippen LogP contribution in [0.25, 0.3) is 0 Å². The van der Waals surface area contributed by atoms with Crippen molar-refractivity contribution >= 4 is 11.5 Å². The first kappa shape index (κ1) is 16.3. The van der Waals surface area contributed by atoms with Crippen molar-refractivity contribution < 1.29 is 0 Å². The molecule has 4 rings (SSSR count). The lowest BCUT2D eigenvalue weighted by molar-refractivity contribution is 0.293. The van der Waals surface area contributed by atoms with Crippen LogP contribution >= 0.6 is 0 Å². The van der Waals surface area contributed by atoms with E-state index in [-0.39, 0.29) is 0 Å². The quantitative estimate of drug-likeness (QED) is 0.758. The molecule has 3 heteroatoms. The Hall–Kier alpha value is -2.16. The van der Waals surface area contributed by atoms with E-state index in [1.807, 2.05) is 18.5 Å². The van der Waals surface area contributed by atoms with E-state index in [0.717, 1.165) is 31.1 Å². The predicted octanol–water partition coefficient (Wildman–Crippen LogP) is 5.14. The highest BCUT2D eigenvalue weighted by Gasteiger charge is 2.21. The number of aliphatic imine (C=N–C) groups is 1. The maximum absolute atomic E-state index is 4.93. The van der Waals surface area contributed by atoms with Gasteiger partial charge in [-0.05, 0) is 35.6 Å². The van der Waals surface area contributed by atoms with Crippen molar-refractivity contribution in [2.75, 3.05) is 6.54 Å². The Bertz CT molecular complexity index is 717. The first-order chi connectivity index (χ1) is 12.4. The van der Waals surface area contributed by atoms with Crippen molar-refractivity contribution in [1.82, 2.24) is 9.88 Å². The Kier molecular flexibility index (Phi) is 5.10. The molecule has 0 N–H and O–H groups in total. The number of benzene rings is 1. The van der Waals surface area contributed by atoms with Gasteiger partial charge >= 0.3 is 0 Å². The normalized spacial score (nSPS) is 17.2. The van der Waals surface area contributed by atoms with Crippen molar-refractivity contribution in [1.29, 1.82) is 0 Å². The standard InChI is InChI=1S/C22H27N3/c1-2-7-18(8-3-1)12-14-25(17-19-9-6-13-23-16-19)22-15-20-10-4-5-11-21(20)24-22/h4-6,9-11,13,16,18H,1-3,7-8,12,14-15,17H2. The van der Waals surface area contributed by atoms with Crippen LogP contribution in [0.4, 0.5) is 5.69 Å². The van der Waals surface area contributed by atoms with Crippen LogP contribution in [0.2, 0.25) is 0 Å². The highest BCUT2D eigenvalue weighted by Crippen LogP contribution is 2.30. The first-order valence-electron chi connectivity index (χ1n) is 9.68. The lowest BCUT2D eigenvalue weighted by atomic mass is 9.87. The summed E-state index contributed by atoms with van der Waals surface area (Å²) in [5.41, 5.74) is 3.77. The van der Waals surface area contributed by atoms with Crippen LogP contribution in [0.5, 0.6) is 0 Å². The molecule has 2 heterocycles. The van der Waals surface area contributed by atoms with Gasteiger partial charge in [-0.15, -0.1) is 0 Å². The van der Waals surface area contributed by atoms with Crippen molar-refractivity contribution in [2.24, 2.45) is 10.9 Å². The number of hydrogen-bond donors (Lipinski definition) is 0. The minimum atomic E-state index is 0.898. The lowest BCUT2D eigenvalue weighted by Gasteiger charge is -2.28. The third-order valence-corrected chi connectivity index (χ3v) is 5.58. The summed E-state index contributed by atoms with van der Waals surface area (Å²) in [7, 11) is 0. The van der Waals surface area contributed by atoms with Gasteiger partial charge in [-0.2, -0.15) is 0 Å². The van der Waals surface area contributed by atoms with Crippen molar-refractivity contribution in [2.45, 2.75) is 51.5 Å². The first-order valence-corrected chi connectivity index (χ1v) is 9.68. The summed E-state index contributed by atoms with van der Waals surface area (Å²) in [4.78, 5) is 11.7. The number of pyridine rings is 1. The summed E-state index contributed by atoms with van der Waals surface area (Å²) >= 11 is 0. The van der Waals surface area contributed by atoms with Gasteiger partial charge in [-0.25, -0.2) is 4.99 Å². The fourth-order valence-electron chi connectivity index (χ4n) is 4.13. The molecule has 0 bridgehead atoms. The van der Waals surface area contributed by atoms with Gasteiger partial charge in [0.2, 0.25) is 0 Å². The number of aromatic nitrogens is 1. The molecule has 1 fully saturated rings. The average Bonchev–Trinajstić information content (AvgIpc) is 3.11. The molecular weight excluding hydrogens is 306 g/mol. The molecule has 2 aromatic rings. The van der Waals surface area contributed by atoms with E-state index in [2.05, 4.69) is 40.2 Å². The summed E-state index contributed by atoms with van der Waals surface area (Å²) in [6.07, 6.45) is 13.2. The summed E-state index contributed by atoms with van der Waals surface area (Å²) in [5.74, 6) is 2.12. The molecule has 2 aliphatic rings. The Morgan fingerprint density at radius 1 is 1.00 bits per heavy atom. The van der Waals surface area contributed by atoms with Crippen LogP contribution in [0.1, 0.15) is 49.7 Å². The minimum absolute atomic E-state index is 0.898. The minimum Gasteiger partial charge on any atom is -0.355 e. The number of para-hydroxylation sites is 1. The Balaban J connectivity index is 1.47. The summed E-state index contributed by atoms with van der Waals surface area (Å²) in [5, 5.41) is 0. The molecule has 0 atom stereocenters. The van der Waals surface area contributed by atoms with Gasteiger partial charge in [0, 0.05) is 31.9 Å². The van der Waals surface area contributed by atoms with Crippen LogP contribution in [-0.4, -0.2) is 22.3 Å². The lowest BCUT2D eigenvalue weighted by Crippen LogP contribution is -2.33. The van der Waals surface area contributed by atoms with Crippen molar-refractivity contribution in [3.63, 3.8) is 0 Å². The summed E-state index contributed by atoms with van der Waals surface area (Å²) < 4.78 is 0. The molecule has 1 aromatic heterocycles. The molecule has 0 saturated heterocycles. The van der Waals surface area contributed by atoms with Crippen LogP contribution in [0, 0.1) is 5.92 Å². The highest BCUT2D eigenvalue weighted by atomic mass is 15.2. The van der Waals surface area contributed by atoms with E-state index in [1.54, 1.807) is 0 Å². The number of fused-ring (bicyclic) bond motifs is 1. The zero-order valence-corrected chi connectivity index (χ0v) is 14.9. The predicted molar refractivity (Wildman–Crippen MR) is 103 cm³/mol. The Labute approximate surface area is 150 Å². The van der Waals surface area contributed by atoms with Crippen molar-refractivity contribution in [3.8, 4) is 0 Å². The molecule has 1 aromatic carbocycles. The summed E-state index contributed by atoms with van der Waals surface area (Å²) in [6.45, 7) is 2.01. The molecule has 0 amide bonds. The Morgan fingerprint density at radius 2 is 1.88 bits per heavy atom. The number of rotatable bonds is 5. The van der Waals surface area contributed by atoms with Crippen LogP contribution < -0.4 is 0 Å². The number of amidine groups is 1. The van der Waals surface area contributed by atoms with E-state index in [4.69, 9.17) is 4.99 Å². The van der Waals surface area contributed by atoms with Crippen LogP contribution in [-0.2, 0) is 13.0 Å². The van der Waals surface area contributed by atoms with Gasteiger partial charge in [0.1, 0.15) is 5.84 Å². The van der Waals surface area contributed by atoms with Gasteiger partial charge in [0.25, 0.3) is 0 Å². The molecule has 1 aliphatic heterocycles. The smallest absolute Gasteiger partial charge is 0.110 e. The Morgan fingerprint density at radius 3 is 2.68 bits per heavy atom. The van der Waals surface area contributed by atoms with E-state index in [9.17, 15) is 0 Å². The number of nitrogens with zero attached hydrogens (tertiary/aromatic N) is 3. The maximum Gasteiger partial charge on any atom is 0.110 e. The number of hydrogen-bond acceptors (Lipinski definition) is 3. The van der Waals surface area contributed by atoms with Gasteiger partial charge in [0.15, 0.2) is 0 Å². The molecule has 1 aliphatic carbocycles. The molecule has 25 heavy (non-hydrogen) atoms. The van der Waals surface area contributed by atoms with Crippen molar-refractivity contribution in [3.05, 3.63) is 59.9 Å². The van der Waals surface area contributed by atoms with Gasteiger partial charge in [0.05, 0.1) is 5.69 Å². The molecule has 1 saturated carbocycles. The molecule has 0 radical (unpaired) electrons. The van der Waals surface area contributed by atoms with Crippen LogP contribution in [0.15, 0.2) is 53.8 Å². The molecular formula is C22H27N3. The highest BCUT2D eigenvalue weighted by molar-refractivity contribution is 5.92. The maximum atomic E-state index is 4.93. The van der Waals surface area contributed by atoms with Crippen LogP contribution in [0.3, 0.4) is 0 Å². The zero-order chi connectivity index (χ0) is 16.9. The van der Waals surface area contributed by atoms with E-state index in [1.165, 1.54) is 55.5 Å². The topological polar surface area (TPSA) is 28.5 Å². The third kappa shape index (κ3) is 4.09. The fraction of sp³-hybridized carbons (Fsp3) is 0.455.